The van der Waals surface area contributed by atoms with E-state index in [1.807, 2.05) is 32.0 Å². The Morgan fingerprint density at radius 2 is 1.87 bits per heavy atom. The number of ether oxygens (including phenoxy) is 2. The third-order valence-corrected chi connectivity index (χ3v) is 6.68. The van der Waals surface area contributed by atoms with Gasteiger partial charge < -0.3 is 15.2 Å². The van der Waals surface area contributed by atoms with Gasteiger partial charge in [-0.1, -0.05) is 50.2 Å². The molecule has 6 nitrogen and oxygen atoms in total. The number of carbonyl (C=O) groups excluding carboxylic acids is 3. The molecule has 1 spiro atoms. The van der Waals surface area contributed by atoms with Crippen molar-refractivity contribution < 1.29 is 23.9 Å². The van der Waals surface area contributed by atoms with Gasteiger partial charge in [0.1, 0.15) is 16.7 Å². The summed E-state index contributed by atoms with van der Waals surface area (Å²) in [6.07, 6.45) is 0.820. The maximum atomic E-state index is 14.2. The topological polar surface area (TPSA) is 95.7 Å². The maximum absolute atomic E-state index is 14.2. The van der Waals surface area contributed by atoms with Gasteiger partial charge in [-0.2, -0.15) is 0 Å². The van der Waals surface area contributed by atoms with E-state index in [1.165, 1.54) is 0 Å². The number of Topliss-reactive ketones (excluding diaryl/α,β-unsaturated/α-hetero) is 2. The summed E-state index contributed by atoms with van der Waals surface area (Å²) in [5.41, 5.74) is 5.29. The number of rotatable bonds is 2. The quantitative estimate of drug-likeness (QED) is 0.749. The minimum Gasteiger partial charge on any atom is -0.462 e. The second-order valence-electron chi connectivity index (χ2n) is 8.86. The van der Waals surface area contributed by atoms with Gasteiger partial charge in [0.05, 0.1) is 12.2 Å². The van der Waals surface area contributed by atoms with Crippen molar-refractivity contribution >= 4 is 28.3 Å². The minimum absolute atomic E-state index is 0.0996. The fourth-order valence-electron chi connectivity index (χ4n) is 5.29. The maximum Gasteiger partial charge on any atom is 0.341 e. The highest BCUT2D eigenvalue weighted by Gasteiger charge is 2.63. The van der Waals surface area contributed by atoms with Crippen LogP contribution in [0.15, 0.2) is 59.2 Å². The molecule has 0 fully saturated rings. The number of carbonyl (C=O) groups is 3. The normalized spacial score (nSPS) is 24.0. The summed E-state index contributed by atoms with van der Waals surface area (Å²) in [5, 5.41) is 1.59. The molecule has 1 atom stereocenters. The van der Waals surface area contributed by atoms with Crippen LogP contribution < -0.4 is 5.73 Å². The highest BCUT2D eigenvalue weighted by Crippen LogP contribution is 2.58. The Kier molecular flexibility index (Phi) is 3.97. The largest absolute Gasteiger partial charge is 0.462 e. The van der Waals surface area contributed by atoms with Gasteiger partial charge in [-0.3, -0.25) is 9.59 Å². The summed E-state index contributed by atoms with van der Waals surface area (Å²) < 4.78 is 11.3. The van der Waals surface area contributed by atoms with Gasteiger partial charge in [0, 0.05) is 17.4 Å². The molecule has 1 aliphatic heterocycles. The van der Waals surface area contributed by atoms with Crippen molar-refractivity contribution in [3.05, 3.63) is 70.3 Å². The highest BCUT2D eigenvalue weighted by molar-refractivity contribution is 6.29. The Hall–Kier alpha value is -3.41. The van der Waals surface area contributed by atoms with Crippen LogP contribution in [-0.2, 0) is 24.5 Å². The fraction of sp³-hybridized carbons (Fsp3) is 0.320. The van der Waals surface area contributed by atoms with E-state index in [0.29, 0.717) is 23.3 Å². The van der Waals surface area contributed by atoms with Crippen molar-refractivity contribution in [3.63, 3.8) is 0 Å². The Bertz CT molecular complexity index is 1260. The lowest BCUT2D eigenvalue weighted by atomic mass is 9.60. The minimum atomic E-state index is -1.66. The molecule has 0 aromatic heterocycles. The first-order chi connectivity index (χ1) is 14.7. The first-order valence-corrected chi connectivity index (χ1v) is 10.5. The Morgan fingerprint density at radius 3 is 2.58 bits per heavy atom. The first-order valence-electron chi connectivity index (χ1n) is 10.5. The number of hydrogen-bond donors (Lipinski definition) is 1. The summed E-state index contributed by atoms with van der Waals surface area (Å²) in [6, 6.07) is 11.0. The monoisotopic (exact) mass is 417 g/mol. The SMILES string of the molecule is CCOC(=O)C1=C(N)OC2=C(C(=O)CCC2(C)C)C12C(=O)c1cccc3cccc2c13. The third-order valence-electron chi connectivity index (χ3n) is 6.68. The number of allylic oxidation sites excluding steroid dienone is 2. The Labute approximate surface area is 179 Å². The molecule has 158 valence electrons. The Balaban J connectivity index is 1.96. The van der Waals surface area contributed by atoms with Crippen molar-refractivity contribution in [1.82, 2.24) is 0 Å². The van der Waals surface area contributed by atoms with Gasteiger partial charge in [-0.15, -0.1) is 0 Å². The van der Waals surface area contributed by atoms with E-state index >= 15 is 0 Å². The molecule has 0 saturated heterocycles. The first kappa shape index (κ1) is 19.5. The molecule has 0 bridgehead atoms. The summed E-state index contributed by atoms with van der Waals surface area (Å²) in [6.45, 7) is 5.69. The van der Waals surface area contributed by atoms with Gasteiger partial charge in [0.2, 0.25) is 5.88 Å². The third kappa shape index (κ3) is 2.30. The average Bonchev–Trinajstić information content (AvgIpc) is 2.97. The molecule has 0 amide bonds. The van der Waals surface area contributed by atoms with Crippen molar-refractivity contribution in [1.29, 1.82) is 0 Å². The van der Waals surface area contributed by atoms with E-state index in [-0.39, 0.29) is 41.6 Å². The molecule has 5 rings (SSSR count). The predicted octanol–water partition coefficient (Wildman–Crippen LogP) is 3.68. The smallest absolute Gasteiger partial charge is 0.341 e. The molecule has 2 aromatic carbocycles. The lowest BCUT2D eigenvalue weighted by molar-refractivity contribution is -0.139. The number of hydrogen-bond acceptors (Lipinski definition) is 6. The lowest BCUT2D eigenvalue weighted by Crippen LogP contribution is -2.50. The van der Waals surface area contributed by atoms with Crippen LogP contribution in [0.25, 0.3) is 10.8 Å². The highest BCUT2D eigenvalue weighted by atomic mass is 16.5. The van der Waals surface area contributed by atoms with E-state index in [9.17, 15) is 14.4 Å². The molecular formula is C25H23NO5. The molecule has 2 N–H and O–H groups in total. The molecule has 2 aromatic rings. The molecule has 1 heterocycles. The van der Waals surface area contributed by atoms with Crippen LogP contribution in [0.2, 0.25) is 0 Å². The van der Waals surface area contributed by atoms with Crippen molar-refractivity contribution in [2.24, 2.45) is 11.1 Å². The fourth-order valence-corrected chi connectivity index (χ4v) is 5.29. The number of nitrogens with two attached hydrogens (primary N) is 1. The van der Waals surface area contributed by atoms with E-state index < -0.39 is 16.8 Å². The lowest BCUT2D eigenvalue weighted by Gasteiger charge is -2.44. The molecule has 3 aliphatic rings. The van der Waals surface area contributed by atoms with Crippen LogP contribution >= 0.6 is 0 Å². The number of ketones is 2. The van der Waals surface area contributed by atoms with Crippen LogP contribution in [0.4, 0.5) is 0 Å². The summed E-state index contributed by atoms with van der Waals surface area (Å²) in [7, 11) is 0. The average molecular weight is 417 g/mol. The number of esters is 1. The summed E-state index contributed by atoms with van der Waals surface area (Å²) in [5.74, 6) is -1.11. The molecule has 1 unspecified atom stereocenters. The van der Waals surface area contributed by atoms with Crippen molar-refractivity contribution in [2.75, 3.05) is 6.61 Å². The molecule has 0 saturated carbocycles. The van der Waals surface area contributed by atoms with Crippen LogP contribution in [0.5, 0.6) is 0 Å². The van der Waals surface area contributed by atoms with Crippen LogP contribution in [0.3, 0.4) is 0 Å². The predicted molar refractivity (Wildman–Crippen MR) is 114 cm³/mol. The van der Waals surface area contributed by atoms with E-state index in [2.05, 4.69) is 0 Å². The molecular weight excluding hydrogens is 394 g/mol. The molecule has 0 radical (unpaired) electrons. The van der Waals surface area contributed by atoms with Crippen LogP contribution in [0, 0.1) is 5.41 Å². The van der Waals surface area contributed by atoms with Crippen LogP contribution in [0.1, 0.15) is 49.5 Å². The zero-order chi connectivity index (χ0) is 22.1. The van der Waals surface area contributed by atoms with Gasteiger partial charge in [0.15, 0.2) is 11.6 Å². The van der Waals surface area contributed by atoms with E-state index in [0.717, 1.165) is 10.8 Å². The van der Waals surface area contributed by atoms with Crippen molar-refractivity contribution in [2.45, 2.75) is 39.0 Å². The van der Waals surface area contributed by atoms with Gasteiger partial charge in [-0.25, -0.2) is 4.79 Å². The Morgan fingerprint density at radius 1 is 1.16 bits per heavy atom. The second kappa shape index (κ2) is 6.30. The zero-order valence-electron chi connectivity index (χ0n) is 17.7. The summed E-state index contributed by atoms with van der Waals surface area (Å²) in [4.78, 5) is 40.8. The van der Waals surface area contributed by atoms with Gasteiger partial charge in [-0.05, 0) is 29.7 Å². The standard InChI is InChI=1S/C25H23NO5/c1-4-30-23(29)19-22(26)31-21-18(16(27)11-12-24(21,2)3)25(19)15-10-6-8-13-7-5-9-14(17(13)15)20(25)28/h5-10H,4,11-12,26H2,1-3H3. The molecule has 2 aliphatic carbocycles. The van der Waals surface area contributed by atoms with Crippen LogP contribution in [-0.4, -0.2) is 24.1 Å². The van der Waals surface area contributed by atoms with E-state index in [4.69, 9.17) is 15.2 Å². The molecule has 6 heteroatoms. The van der Waals surface area contributed by atoms with E-state index in [1.54, 1.807) is 25.1 Å². The summed E-state index contributed by atoms with van der Waals surface area (Å²) >= 11 is 0. The van der Waals surface area contributed by atoms with Gasteiger partial charge in [0.25, 0.3) is 0 Å². The van der Waals surface area contributed by atoms with Gasteiger partial charge >= 0.3 is 5.97 Å². The second-order valence-corrected chi connectivity index (χ2v) is 8.86. The number of benzene rings is 2. The number of fused-ring (bicyclic) bond motifs is 2. The zero-order valence-corrected chi connectivity index (χ0v) is 17.7. The van der Waals surface area contributed by atoms with Crippen molar-refractivity contribution in [3.8, 4) is 0 Å². The molecule has 31 heavy (non-hydrogen) atoms.